The summed E-state index contributed by atoms with van der Waals surface area (Å²) in [5.74, 6) is 1.12. The smallest absolute Gasteiger partial charge is 0.247 e. The molecule has 0 amide bonds. The number of benzene rings is 1. The summed E-state index contributed by atoms with van der Waals surface area (Å²) in [7, 11) is 1.86. The summed E-state index contributed by atoms with van der Waals surface area (Å²) in [6.07, 6.45) is 1.78. The van der Waals surface area contributed by atoms with Gasteiger partial charge in [-0.1, -0.05) is 6.07 Å². The number of hydrogen-bond donors (Lipinski definition) is 1. The molecule has 0 aliphatic heterocycles. The summed E-state index contributed by atoms with van der Waals surface area (Å²) in [6.45, 7) is 1.97. The van der Waals surface area contributed by atoms with Gasteiger partial charge in [0.2, 0.25) is 11.8 Å². The third-order valence-corrected chi connectivity index (χ3v) is 3.09. The number of rotatable bonds is 3. The number of pyridine rings is 1. The summed E-state index contributed by atoms with van der Waals surface area (Å²) < 4.78 is 5.67. The van der Waals surface area contributed by atoms with Crippen molar-refractivity contribution >= 4 is 10.9 Å². The molecule has 1 N–H and O–H groups in total. The number of nitrogens with one attached hydrogen (secondary N) is 1. The Kier molecular flexibility index (Phi) is 2.97. The zero-order valence-corrected chi connectivity index (χ0v) is 10.8. The van der Waals surface area contributed by atoms with Crippen molar-refractivity contribution in [1.82, 2.24) is 20.5 Å². The predicted molar refractivity (Wildman–Crippen MR) is 72.5 cm³/mol. The fourth-order valence-corrected chi connectivity index (χ4v) is 1.86. The van der Waals surface area contributed by atoms with Gasteiger partial charge in [0.1, 0.15) is 0 Å². The van der Waals surface area contributed by atoms with Gasteiger partial charge in [0.25, 0.3) is 0 Å². The van der Waals surface area contributed by atoms with Gasteiger partial charge < -0.3 is 9.73 Å². The molecule has 0 spiro atoms. The molecule has 2 aromatic heterocycles. The van der Waals surface area contributed by atoms with E-state index < -0.39 is 0 Å². The van der Waals surface area contributed by atoms with Crippen LogP contribution in [-0.4, -0.2) is 22.2 Å². The summed E-state index contributed by atoms with van der Waals surface area (Å²) in [5.41, 5.74) is 1.86. The molecule has 0 fully saturated rings. The lowest BCUT2D eigenvalue weighted by molar-refractivity contribution is 0.441. The molecule has 0 saturated carbocycles. The maximum atomic E-state index is 5.67. The molecule has 1 unspecified atom stereocenters. The number of fused-ring (bicyclic) bond motifs is 1. The third kappa shape index (κ3) is 2.20. The minimum Gasteiger partial charge on any atom is -0.419 e. The Balaban J connectivity index is 2.01. The molecule has 0 aliphatic carbocycles. The molecule has 2 heterocycles. The average Bonchev–Trinajstić information content (AvgIpc) is 2.95. The SMILES string of the molecule is CNC(C)c1nnc(-c2ccc3ncccc3c2)o1. The van der Waals surface area contributed by atoms with Crippen LogP contribution in [0.25, 0.3) is 22.4 Å². The minimum atomic E-state index is 0.0448. The summed E-state index contributed by atoms with van der Waals surface area (Å²) >= 11 is 0. The highest BCUT2D eigenvalue weighted by atomic mass is 16.4. The Morgan fingerprint density at radius 1 is 1.21 bits per heavy atom. The van der Waals surface area contributed by atoms with Crippen molar-refractivity contribution in [1.29, 1.82) is 0 Å². The van der Waals surface area contributed by atoms with Gasteiger partial charge in [0, 0.05) is 17.1 Å². The molecule has 0 saturated heterocycles. The second kappa shape index (κ2) is 4.78. The van der Waals surface area contributed by atoms with Gasteiger partial charge in [-0.05, 0) is 38.2 Å². The van der Waals surface area contributed by atoms with E-state index in [-0.39, 0.29) is 6.04 Å². The molecule has 5 heteroatoms. The first kappa shape index (κ1) is 11.8. The van der Waals surface area contributed by atoms with E-state index in [4.69, 9.17) is 4.42 Å². The second-order valence-corrected chi connectivity index (χ2v) is 4.37. The zero-order valence-electron chi connectivity index (χ0n) is 10.8. The lowest BCUT2D eigenvalue weighted by Crippen LogP contribution is -2.12. The quantitative estimate of drug-likeness (QED) is 0.778. The highest BCUT2D eigenvalue weighted by molar-refractivity contribution is 5.82. The summed E-state index contributed by atoms with van der Waals surface area (Å²) in [4.78, 5) is 4.29. The van der Waals surface area contributed by atoms with Gasteiger partial charge >= 0.3 is 0 Å². The van der Waals surface area contributed by atoms with Crippen LogP contribution in [0.3, 0.4) is 0 Å². The fraction of sp³-hybridized carbons (Fsp3) is 0.214. The lowest BCUT2D eigenvalue weighted by Gasteiger charge is -2.02. The molecule has 1 aromatic carbocycles. The Hall–Kier alpha value is -2.27. The van der Waals surface area contributed by atoms with Gasteiger partial charge in [0.15, 0.2) is 0 Å². The van der Waals surface area contributed by atoms with Gasteiger partial charge in [0.05, 0.1) is 11.6 Å². The van der Waals surface area contributed by atoms with Crippen LogP contribution in [0, 0.1) is 0 Å². The third-order valence-electron chi connectivity index (χ3n) is 3.09. The molecule has 3 aromatic rings. The largest absolute Gasteiger partial charge is 0.419 e. The molecular weight excluding hydrogens is 240 g/mol. The van der Waals surface area contributed by atoms with Crippen molar-refractivity contribution in [2.24, 2.45) is 0 Å². The van der Waals surface area contributed by atoms with Crippen LogP contribution in [0.1, 0.15) is 18.9 Å². The number of aromatic nitrogens is 3. The van der Waals surface area contributed by atoms with E-state index in [2.05, 4.69) is 20.5 Å². The van der Waals surface area contributed by atoms with Gasteiger partial charge in [-0.2, -0.15) is 0 Å². The lowest BCUT2D eigenvalue weighted by atomic mass is 10.1. The van der Waals surface area contributed by atoms with Gasteiger partial charge in [-0.15, -0.1) is 10.2 Å². The Morgan fingerprint density at radius 2 is 2.11 bits per heavy atom. The molecule has 96 valence electrons. The van der Waals surface area contributed by atoms with Crippen molar-refractivity contribution in [3.8, 4) is 11.5 Å². The van der Waals surface area contributed by atoms with E-state index in [9.17, 15) is 0 Å². The van der Waals surface area contributed by atoms with Crippen molar-refractivity contribution in [3.63, 3.8) is 0 Å². The average molecular weight is 254 g/mol. The first-order chi connectivity index (χ1) is 9.28. The Bertz CT molecular complexity index is 707. The van der Waals surface area contributed by atoms with E-state index in [0.717, 1.165) is 16.5 Å². The van der Waals surface area contributed by atoms with E-state index in [0.29, 0.717) is 11.8 Å². The van der Waals surface area contributed by atoms with Crippen LogP contribution >= 0.6 is 0 Å². The molecule has 0 aliphatic rings. The van der Waals surface area contributed by atoms with Crippen LogP contribution in [0.5, 0.6) is 0 Å². The molecule has 0 radical (unpaired) electrons. The molecule has 19 heavy (non-hydrogen) atoms. The van der Waals surface area contributed by atoms with E-state index >= 15 is 0 Å². The maximum Gasteiger partial charge on any atom is 0.247 e. The van der Waals surface area contributed by atoms with Crippen molar-refractivity contribution in [2.45, 2.75) is 13.0 Å². The first-order valence-electron chi connectivity index (χ1n) is 6.14. The van der Waals surface area contributed by atoms with Crippen molar-refractivity contribution in [3.05, 3.63) is 42.4 Å². The molecule has 3 rings (SSSR count). The number of nitrogens with zero attached hydrogens (tertiary/aromatic N) is 3. The Labute approximate surface area is 110 Å². The molecule has 5 nitrogen and oxygen atoms in total. The molecular formula is C14H14N4O. The van der Waals surface area contributed by atoms with Gasteiger partial charge in [-0.25, -0.2) is 0 Å². The zero-order chi connectivity index (χ0) is 13.2. The van der Waals surface area contributed by atoms with Crippen LogP contribution in [0.15, 0.2) is 40.9 Å². The number of hydrogen-bond acceptors (Lipinski definition) is 5. The standard InChI is InChI=1S/C14H14N4O/c1-9(15-2)13-17-18-14(19-13)11-5-6-12-10(8-11)4-3-7-16-12/h3-9,15H,1-2H3. The molecule has 1 atom stereocenters. The monoisotopic (exact) mass is 254 g/mol. The van der Waals surface area contributed by atoms with E-state index in [1.165, 1.54) is 0 Å². The molecule has 0 bridgehead atoms. The normalized spacial score (nSPS) is 12.7. The fourth-order valence-electron chi connectivity index (χ4n) is 1.86. The second-order valence-electron chi connectivity index (χ2n) is 4.37. The topological polar surface area (TPSA) is 63.8 Å². The van der Waals surface area contributed by atoms with Gasteiger partial charge in [-0.3, -0.25) is 4.98 Å². The first-order valence-corrected chi connectivity index (χ1v) is 6.14. The Morgan fingerprint density at radius 3 is 2.95 bits per heavy atom. The van der Waals surface area contributed by atoms with Crippen LogP contribution in [-0.2, 0) is 0 Å². The van der Waals surface area contributed by atoms with Crippen molar-refractivity contribution < 1.29 is 4.42 Å². The van der Waals surface area contributed by atoms with Crippen LogP contribution in [0.4, 0.5) is 0 Å². The maximum absolute atomic E-state index is 5.67. The van der Waals surface area contributed by atoms with E-state index in [1.54, 1.807) is 6.20 Å². The highest BCUT2D eigenvalue weighted by Crippen LogP contribution is 2.23. The highest BCUT2D eigenvalue weighted by Gasteiger charge is 2.13. The summed E-state index contributed by atoms with van der Waals surface area (Å²) in [6, 6.07) is 9.87. The van der Waals surface area contributed by atoms with Crippen LogP contribution in [0.2, 0.25) is 0 Å². The van der Waals surface area contributed by atoms with Crippen LogP contribution < -0.4 is 5.32 Å². The summed E-state index contributed by atoms with van der Waals surface area (Å²) in [5, 5.41) is 12.3. The van der Waals surface area contributed by atoms with E-state index in [1.807, 2.05) is 44.3 Å². The minimum absolute atomic E-state index is 0.0448. The predicted octanol–water partition coefficient (Wildman–Crippen LogP) is 2.57. The van der Waals surface area contributed by atoms with Crippen molar-refractivity contribution in [2.75, 3.05) is 7.05 Å².